The second-order valence-electron chi connectivity index (χ2n) is 5.60. The standard InChI is InChI=1S/C18H21NO4S2/c1-14-2-9-17(10-3-14)25(22,23)19-12-13-24-16-7-4-15(5-8-16)6-11-18(20)21/h2-5,7-10,19H,6,11-13H2,1H3,(H,20,21). The van der Waals surface area contributed by atoms with E-state index in [-0.39, 0.29) is 11.3 Å². The Kier molecular flexibility index (Phi) is 7.04. The highest BCUT2D eigenvalue weighted by Gasteiger charge is 2.12. The van der Waals surface area contributed by atoms with E-state index in [0.717, 1.165) is 16.0 Å². The summed E-state index contributed by atoms with van der Waals surface area (Å²) in [6.07, 6.45) is 0.629. The molecule has 0 aliphatic rings. The molecule has 0 fully saturated rings. The number of carboxylic acids is 1. The maximum atomic E-state index is 12.2. The van der Waals surface area contributed by atoms with Crippen molar-refractivity contribution in [3.05, 3.63) is 59.7 Å². The quantitative estimate of drug-likeness (QED) is 0.517. The van der Waals surface area contributed by atoms with Crippen molar-refractivity contribution >= 4 is 27.8 Å². The van der Waals surface area contributed by atoms with E-state index in [1.54, 1.807) is 36.0 Å². The largest absolute Gasteiger partial charge is 0.481 e. The van der Waals surface area contributed by atoms with E-state index in [1.807, 2.05) is 31.2 Å². The number of hydrogen-bond acceptors (Lipinski definition) is 4. The molecule has 2 N–H and O–H groups in total. The summed E-state index contributed by atoms with van der Waals surface area (Å²) in [5.74, 6) is -0.196. The monoisotopic (exact) mass is 379 g/mol. The summed E-state index contributed by atoms with van der Waals surface area (Å²) in [6.45, 7) is 2.25. The van der Waals surface area contributed by atoms with E-state index in [1.165, 1.54) is 0 Å². The van der Waals surface area contributed by atoms with Crippen molar-refractivity contribution < 1.29 is 18.3 Å². The van der Waals surface area contributed by atoms with Crippen LogP contribution in [0.1, 0.15) is 17.5 Å². The molecule has 0 saturated carbocycles. The molecule has 0 spiro atoms. The van der Waals surface area contributed by atoms with Gasteiger partial charge in [-0.05, 0) is 43.2 Å². The van der Waals surface area contributed by atoms with Crippen LogP contribution in [0, 0.1) is 6.92 Å². The van der Waals surface area contributed by atoms with Gasteiger partial charge in [-0.2, -0.15) is 0 Å². The van der Waals surface area contributed by atoms with Gasteiger partial charge in [0.15, 0.2) is 0 Å². The highest BCUT2D eigenvalue weighted by Crippen LogP contribution is 2.19. The lowest BCUT2D eigenvalue weighted by atomic mass is 10.1. The van der Waals surface area contributed by atoms with Gasteiger partial charge in [0.1, 0.15) is 0 Å². The molecule has 134 valence electrons. The number of benzene rings is 2. The molecule has 0 saturated heterocycles. The van der Waals surface area contributed by atoms with E-state index in [2.05, 4.69) is 4.72 Å². The first kappa shape index (κ1) is 19.5. The molecule has 0 radical (unpaired) electrons. The van der Waals surface area contributed by atoms with Crippen LogP contribution in [0.15, 0.2) is 58.3 Å². The Morgan fingerprint density at radius 1 is 1.08 bits per heavy atom. The zero-order valence-electron chi connectivity index (χ0n) is 13.9. The second-order valence-corrected chi connectivity index (χ2v) is 8.53. The molecule has 0 bridgehead atoms. The first-order valence-electron chi connectivity index (χ1n) is 7.87. The van der Waals surface area contributed by atoms with Gasteiger partial charge in [0.05, 0.1) is 4.90 Å². The summed E-state index contributed by atoms with van der Waals surface area (Å²) < 4.78 is 26.9. The van der Waals surface area contributed by atoms with Gasteiger partial charge in [-0.3, -0.25) is 4.79 Å². The van der Waals surface area contributed by atoms with Crippen LogP contribution in [0.4, 0.5) is 0 Å². The van der Waals surface area contributed by atoms with E-state index in [4.69, 9.17) is 5.11 Å². The van der Waals surface area contributed by atoms with Crippen LogP contribution < -0.4 is 4.72 Å². The maximum Gasteiger partial charge on any atom is 0.303 e. The lowest BCUT2D eigenvalue weighted by Crippen LogP contribution is -2.26. The van der Waals surface area contributed by atoms with Crippen molar-refractivity contribution in [1.29, 1.82) is 0 Å². The van der Waals surface area contributed by atoms with Gasteiger partial charge in [-0.25, -0.2) is 13.1 Å². The third kappa shape index (κ3) is 6.53. The number of aliphatic carboxylic acids is 1. The highest BCUT2D eigenvalue weighted by atomic mass is 32.2. The molecule has 0 aromatic heterocycles. The molecule has 0 heterocycles. The number of sulfonamides is 1. The fourth-order valence-electron chi connectivity index (χ4n) is 2.15. The fourth-order valence-corrected chi connectivity index (χ4v) is 4.08. The molecule has 2 rings (SSSR count). The van der Waals surface area contributed by atoms with Gasteiger partial charge < -0.3 is 5.11 Å². The summed E-state index contributed by atoms with van der Waals surface area (Å²) in [5.41, 5.74) is 1.99. The Morgan fingerprint density at radius 3 is 2.32 bits per heavy atom. The minimum atomic E-state index is -3.47. The van der Waals surface area contributed by atoms with Gasteiger partial charge in [0.25, 0.3) is 0 Å². The Bertz CT molecular complexity index is 800. The normalized spacial score (nSPS) is 11.4. The van der Waals surface area contributed by atoms with Gasteiger partial charge >= 0.3 is 5.97 Å². The van der Waals surface area contributed by atoms with Crippen LogP contribution in [0.25, 0.3) is 0 Å². The van der Waals surface area contributed by atoms with Crippen molar-refractivity contribution in [3.8, 4) is 0 Å². The number of carbonyl (C=O) groups is 1. The van der Waals surface area contributed by atoms with Gasteiger partial charge in [0, 0.05) is 23.6 Å². The molecule has 2 aromatic carbocycles. The highest BCUT2D eigenvalue weighted by molar-refractivity contribution is 7.99. The topological polar surface area (TPSA) is 83.5 Å². The Balaban J connectivity index is 1.78. The zero-order valence-corrected chi connectivity index (χ0v) is 15.6. The van der Waals surface area contributed by atoms with E-state index < -0.39 is 16.0 Å². The molecule has 5 nitrogen and oxygen atoms in total. The summed E-state index contributed by atoms with van der Waals surface area (Å²) in [4.78, 5) is 11.8. The first-order chi connectivity index (χ1) is 11.9. The Labute approximate surface area is 152 Å². The zero-order chi connectivity index (χ0) is 18.3. The predicted molar refractivity (Wildman–Crippen MR) is 99.5 cm³/mol. The predicted octanol–water partition coefficient (Wildman–Crippen LogP) is 3.08. The second kappa shape index (κ2) is 9.03. The molecule has 0 aliphatic heterocycles. The van der Waals surface area contributed by atoms with Crippen LogP contribution in [-0.4, -0.2) is 31.8 Å². The molecule has 7 heteroatoms. The third-order valence-corrected chi connectivity index (χ3v) is 6.04. The summed E-state index contributed by atoms with van der Waals surface area (Å²) in [5, 5.41) is 8.67. The number of hydrogen-bond donors (Lipinski definition) is 2. The van der Waals surface area contributed by atoms with Crippen molar-refractivity contribution in [2.75, 3.05) is 12.3 Å². The molecule has 0 aliphatic carbocycles. The van der Waals surface area contributed by atoms with Crippen molar-refractivity contribution in [2.45, 2.75) is 29.6 Å². The fraction of sp³-hybridized carbons (Fsp3) is 0.278. The van der Waals surface area contributed by atoms with E-state index in [9.17, 15) is 13.2 Å². The van der Waals surface area contributed by atoms with E-state index >= 15 is 0 Å². The Hall–Kier alpha value is -1.83. The van der Waals surface area contributed by atoms with Crippen LogP contribution in [0.3, 0.4) is 0 Å². The van der Waals surface area contributed by atoms with Crippen LogP contribution in [0.5, 0.6) is 0 Å². The van der Waals surface area contributed by atoms with Gasteiger partial charge in [-0.15, -0.1) is 11.8 Å². The van der Waals surface area contributed by atoms with Crippen molar-refractivity contribution in [3.63, 3.8) is 0 Å². The molecule has 0 unspecified atom stereocenters. The van der Waals surface area contributed by atoms with Gasteiger partial charge in [0.2, 0.25) is 10.0 Å². The lowest BCUT2D eigenvalue weighted by molar-refractivity contribution is -0.136. The SMILES string of the molecule is Cc1ccc(S(=O)(=O)NCCSc2ccc(CCC(=O)O)cc2)cc1. The van der Waals surface area contributed by atoms with Crippen molar-refractivity contribution in [1.82, 2.24) is 4.72 Å². The number of nitrogens with one attached hydrogen (secondary N) is 1. The van der Waals surface area contributed by atoms with Crippen molar-refractivity contribution in [2.24, 2.45) is 0 Å². The number of aryl methyl sites for hydroxylation is 2. The Morgan fingerprint density at radius 2 is 1.72 bits per heavy atom. The smallest absolute Gasteiger partial charge is 0.303 e. The summed E-state index contributed by atoms with van der Waals surface area (Å²) in [7, 11) is -3.47. The summed E-state index contributed by atoms with van der Waals surface area (Å²) in [6, 6.07) is 14.4. The van der Waals surface area contributed by atoms with E-state index in [0.29, 0.717) is 18.7 Å². The molecule has 0 atom stereocenters. The number of carboxylic acid groups (broad SMARTS) is 1. The average molecular weight is 380 g/mol. The molecule has 0 amide bonds. The lowest BCUT2D eigenvalue weighted by Gasteiger charge is -2.07. The van der Waals surface area contributed by atoms with Gasteiger partial charge in [-0.1, -0.05) is 29.8 Å². The third-order valence-electron chi connectivity index (χ3n) is 3.55. The van der Waals surface area contributed by atoms with Crippen LogP contribution >= 0.6 is 11.8 Å². The minimum absolute atomic E-state index is 0.118. The molecular weight excluding hydrogens is 358 g/mol. The number of thioether (sulfide) groups is 1. The van der Waals surface area contributed by atoms with Crippen LogP contribution in [0.2, 0.25) is 0 Å². The molecule has 25 heavy (non-hydrogen) atoms. The first-order valence-corrected chi connectivity index (χ1v) is 10.3. The molecular formula is C18H21NO4S2. The van der Waals surface area contributed by atoms with Crippen LogP contribution in [-0.2, 0) is 21.2 Å². The minimum Gasteiger partial charge on any atom is -0.481 e. The molecule has 2 aromatic rings. The average Bonchev–Trinajstić information content (AvgIpc) is 2.58. The maximum absolute atomic E-state index is 12.2. The number of rotatable bonds is 9. The summed E-state index contributed by atoms with van der Waals surface area (Å²) >= 11 is 1.55.